The molecule has 0 amide bonds. The number of rotatable bonds is 0. The summed E-state index contributed by atoms with van der Waals surface area (Å²) in [6.07, 6.45) is 0.234. The number of hydrogen-bond acceptors (Lipinski definition) is 2. The third kappa shape index (κ3) is 1.66. The highest BCUT2D eigenvalue weighted by molar-refractivity contribution is 4.77. The molecular formula is C7H13O2. The summed E-state index contributed by atoms with van der Waals surface area (Å²) in [6, 6.07) is 0. The van der Waals surface area contributed by atoms with E-state index in [1.165, 1.54) is 6.79 Å². The Morgan fingerprint density at radius 3 is 2.33 bits per heavy atom. The van der Waals surface area contributed by atoms with E-state index in [2.05, 4.69) is 20.8 Å². The van der Waals surface area contributed by atoms with Crippen LogP contribution >= 0.6 is 0 Å². The Balaban J connectivity index is 2.42. The second kappa shape index (κ2) is 2.27. The summed E-state index contributed by atoms with van der Waals surface area (Å²) in [5, 5.41) is 0. The Morgan fingerprint density at radius 1 is 1.44 bits per heavy atom. The molecule has 0 N–H and O–H groups in total. The average Bonchev–Trinajstić information content (AvgIpc) is 2.08. The summed E-state index contributed by atoms with van der Waals surface area (Å²) in [5.41, 5.74) is 0.201. The monoisotopic (exact) mass is 129 g/mol. The highest BCUT2D eigenvalue weighted by Gasteiger charge is 2.29. The van der Waals surface area contributed by atoms with Crippen molar-refractivity contribution in [3.8, 4) is 0 Å². The lowest BCUT2D eigenvalue weighted by molar-refractivity contribution is 0.0598. The van der Waals surface area contributed by atoms with Crippen LogP contribution in [0.4, 0.5) is 0 Å². The first-order valence-corrected chi connectivity index (χ1v) is 3.19. The maximum Gasteiger partial charge on any atom is 0.209 e. The predicted octanol–water partition coefficient (Wildman–Crippen LogP) is 1.57. The molecule has 0 aromatic heterocycles. The van der Waals surface area contributed by atoms with Crippen LogP contribution in [0.15, 0.2) is 0 Å². The number of hydrogen-bond donors (Lipinski definition) is 0. The predicted molar refractivity (Wildman–Crippen MR) is 34.6 cm³/mol. The molecule has 0 aliphatic carbocycles. The maximum absolute atomic E-state index is 5.17. The van der Waals surface area contributed by atoms with Crippen molar-refractivity contribution in [1.82, 2.24) is 0 Å². The molecule has 0 aromatic rings. The fraction of sp³-hybridized carbons (Fsp3) is 0.857. The summed E-state index contributed by atoms with van der Waals surface area (Å²) in [4.78, 5) is 0. The first-order valence-electron chi connectivity index (χ1n) is 3.19. The summed E-state index contributed by atoms with van der Waals surface area (Å²) in [5.74, 6) is 0. The molecule has 1 radical (unpaired) electrons. The highest BCUT2D eigenvalue weighted by Crippen LogP contribution is 2.26. The van der Waals surface area contributed by atoms with Crippen LogP contribution in [0.1, 0.15) is 20.8 Å². The van der Waals surface area contributed by atoms with E-state index in [1.807, 2.05) is 0 Å². The lowest BCUT2D eigenvalue weighted by Crippen LogP contribution is -2.27. The summed E-state index contributed by atoms with van der Waals surface area (Å²) < 4.78 is 10.1. The molecule has 0 aromatic carbocycles. The SMILES string of the molecule is CC(C)(C)C1CO[CH]O1. The third-order valence-corrected chi connectivity index (χ3v) is 1.50. The van der Waals surface area contributed by atoms with Gasteiger partial charge in [-0.3, -0.25) is 0 Å². The molecule has 1 aliphatic heterocycles. The molecule has 1 rings (SSSR count). The first kappa shape index (κ1) is 7.03. The van der Waals surface area contributed by atoms with Crippen molar-refractivity contribution in [2.24, 2.45) is 5.41 Å². The van der Waals surface area contributed by atoms with Crippen molar-refractivity contribution >= 4 is 0 Å². The maximum atomic E-state index is 5.17. The van der Waals surface area contributed by atoms with Crippen molar-refractivity contribution in [1.29, 1.82) is 0 Å². The van der Waals surface area contributed by atoms with E-state index in [-0.39, 0.29) is 11.5 Å². The molecule has 0 spiro atoms. The Labute approximate surface area is 56.2 Å². The minimum Gasteiger partial charge on any atom is -0.345 e. The van der Waals surface area contributed by atoms with E-state index in [1.54, 1.807) is 0 Å². The fourth-order valence-electron chi connectivity index (χ4n) is 0.726. The van der Waals surface area contributed by atoms with E-state index in [0.29, 0.717) is 6.61 Å². The van der Waals surface area contributed by atoms with E-state index < -0.39 is 0 Å². The first-order chi connectivity index (χ1) is 4.11. The average molecular weight is 129 g/mol. The minimum atomic E-state index is 0.201. The molecule has 1 fully saturated rings. The Hall–Kier alpha value is -0.0800. The molecule has 1 aliphatic rings. The van der Waals surface area contributed by atoms with Crippen LogP contribution in [0.5, 0.6) is 0 Å². The second-order valence-electron chi connectivity index (χ2n) is 3.42. The fourth-order valence-corrected chi connectivity index (χ4v) is 0.726. The van der Waals surface area contributed by atoms with E-state index in [9.17, 15) is 0 Å². The van der Waals surface area contributed by atoms with Gasteiger partial charge in [0.05, 0.1) is 12.7 Å². The van der Waals surface area contributed by atoms with Crippen LogP contribution in [-0.2, 0) is 9.47 Å². The molecule has 1 saturated heterocycles. The Bertz CT molecular complexity index is 87.6. The van der Waals surface area contributed by atoms with Gasteiger partial charge < -0.3 is 9.47 Å². The molecule has 0 bridgehead atoms. The van der Waals surface area contributed by atoms with Gasteiger partial charge in [0.25, 0.3) is 0 Å². The molecule has 2 nitrogen and oxygen atoms in total. The Kier molecular flexibility index (Phi) is 1.78. The van der Waals surface area contributed by atoms with Crippen LogP contribution in [0.3, 0.4) is 0 Å². The molecule has 0 saturated carbocycles. The second-order valence-corrected chi connectivity index (χ2v) is 3.42. The number of ether oxygens (including phenoxy) is 2. The van der Waals surface area contributed by atoms with Gasteiger partial charge in [0.15, 0.2) is 0 Å². The summed E-state index contributed by atoms with van der Waals surface area (Å²) >= 11 is 0. The van der Waals surface area contributed by atoms with Gasteiger partial charge in [0.2, 0.25) is 6.79 Å². The van der Waals surface area contributed by atoms with Crippen LogP contribution < -0.4 is 0 Å². The van der Waals surface area contributed by atoms with Gasteiger partial charge in [-0.2, -0.15) is 0 Å². The van der Waals surface area contributed by atoms with E-state index >= 15 is 0 Å². The summed E-state index contributed by atoms with van der Waals surface area (Å²) in [6.45, 7) is 8.54. The van der Waals surface area contributed by atoms with Crippen LogP contribution in [0.2, 0.25) is 0 Å². The zero-order valence-electron chi connectivity index (χ0n) is 6.18. The van der Waals surface area contributed by atoms with Gasteiger partial charge in [0.1, 0.15) is 0 Å². The van der Waals surface area contributed by atoms with Gasteiger partial charge in [-0.15, -0.1) is 0 Å². The van der Waals surface area contributed by atoms with Gasteiger partial charge in [-0.1, -0.05) is 20.8 Å². The van der Waals surface area contributed by atoms with Crippen molar-refractivity contribution in [3.05, 3.63) is 6.79 Å². The molecule has 1 unspecified atom stereocenters. The van der Waals surface area contributed by atoms with Crippen molar-refractivity contribution < 1.29 is 9.47 Å². The van der Waals surface area contributed by atoms with Crippen LogP contribution in [0.25, 0.3) is 0 Å². The molecular weight excluding hydrogens is 116 g/mol. The smallest absolute Gasteiger partial charge is 0.209 e. The highest BCUT2D eigenvalue weighted by atomic mass is 16.7. The van der Waals surface area contributed by atoms with Gasteiger partial charge in [-0.05, 0) is 5.41 Å². The molecule has 2 heteroatoms. The largest absolute Gasteiger partial charge is 0.345 e. The van der Waals surface area contributed by atoms with Crippen LogP contribution in [0, 0.1) is 12.2 Å². The standard InChI is InChI=1S/C7H13O2/c1-7(2,3)6-4-8-5-9-6/h5-6H,4H2,1-3H3. The van der Waals surface area contributed by atoms with Gasteiger partial charge in [-0.25, -0.2) is 0 Å². The Morgan fingerprint density at radius 2 is 2.11 bits per heavy atom. The minimum absolute atomic E-state index is 0.201. The quantitative estimate of drug-likeness (QED) is 0.494. The normalized spacial score (nSPS) is 29.0. The zero-order valence-corrected chi connectivity index (χ0v) is 6.18. The zero-order chi connectivity index (χ0) is 6.91. The van der Waals surface area contributed by atoms with Crippen molar-refractivity contribution in [2.45, 2.75) is 26.9 Å². The molecule has 1 heterocycles. The van der Waals surface area contributed by atoms with Gasteiger partial charge >= 0.3 is 0 Å². The van der Waals surface area contributed by atoms with Crippen LogP contribution in [-0.4, -0.2) is 12.7 Å². The topological polar surface area (TPSA) is 18.5 Å². The van der Waals surface area contributed by atoms with Crippen molar-refractivity contribution in [2.75, 3.05) is 6.61 Å². The third-order valence-electron chi connectivity index (χ3n) is 1.50. The van der Waals surface area contributed by atoms with Gasteiger partial charge in [0, 0.05) is 0 Å². The lowest BCUT2D eigenvalue weighted by Gasteiger charge is -2.23. The lowest BCUT2D eigenvalue weighted by atomic mass is 9.90. The summed E-state index contributed by atoms with van der Waals surface area (Å²) in [7, 11) is 0. The molecule has 9 heavy (non-hydrogen) atoms. The molecule has 1 atom stereocenters. The molecule has 53 valence electrons. The van der Waals surface area contributed by atoms with E-state index in [4.69, 9.17) is 9.47 Å². The van der Waals surface area contributed by atoms with Crippen molar-refractivity contribution in [3.63, 3.8) is 0 Å². The van der Waals surface area contributed by atoms with E-state index in [0.717, 1.165) is 0 Å².